The van der Waals surface area contributed by atoms with Gasteiger partial charge in [-0.25, -0.2) is 4.98 Å². The highest BCUT2D eigenvalue weighted by atomic mass is 19.4. The van der Waals surface area contributed by atoms with Crippen molar-refractivity contribution in [1.82, 2.24) is 19.7 Å². The highest BCUT2D eigenvalue weighted by Gasteiger charge is 2.55. The van der Waals surface area contributed by atoms with Crippen molar-refractivity contribution < 1.29 is 31.9 Å². The lowest BCUT2D eigenvalue weighted by Crippen LogP contribution is -2.36. The van der Waals surface area contributed by atoms with Gasteiger partial charge in [0.15, 0.2) is 5.65 Å². The number of pyridine rings is 1. The van der Waals surface area contributed by atoms with Crippen LogP contribution in [0.1, 0.15) is 18.1 Å². The van der Waals surface area contributed by atoms with Gasteiger partial charge >= 0.3 is 12.1 Å². The first kappa shape index (κ1) is 22.0. The molecule has 2 aromatic heterocycles. The standard InChI is InChI=1S/C21H19F5N4O2/c1-3-29-9-14(20(22,23)19(29)32)10-30-8-12-4-5-15(27-18(12)28-30)17-11(2)6-13(7-16(17)31)21(24,25)26/h4-8,14,31H,3,9-10H2,1-2H3/t14-/m0/s1. The molecule has 1 fully saturated rings. The zero-order valence-electron chi connectivity index (χ0n) is 17.1. The molecule has 1 aliphatic rings. The summed E-state index contributed by atoms with van der Waals surface area (Å²) in [5, 5.41) is 14.9. The van der Waals surface area contributed by atoms with Gasteiger partial charge in [0.05, 0.1) is 23.7 Å². The number of likely N-dealkylation sites (tertiary alicyclic amines) is 1. The molecule has 0 unspecified atom stereocenters. The molecule has 0 aliphatic carbocycles. The largest absolute Gasteiger partial charge is 0.507 e. The van der Waals surface area contributed by atoms with Crippen LogP contribution in [-0.2, 0) is 17.5 Å². The molecular weight excluding hydrogens is 435 g/mol. The minimum Gasteiger partial charge on any atom is -0.507 e. The number of carbonyl (C=O) groups excluding carboxylic acids is 1. The van der Waals surface area contributed by atoms with E-state index in [9.17, 15) is 31.9 Å². The highest BCUT2D eigenvalue weighted by molar-refractivity contribution is 5.86. The van der Waals surface area contributed by atoms with Gasteiger partial charge in [-0.2, -0.15) is 27.1 Å². The van der Waals surface area contributed by atoms with Crippen LogP contribution in [0.3, 0.4) is 0 Å². The molecule has 1 amide bonds. The van der Waals surface area contributed by atoms with Crippen molar-refractivity contribution in [3.8, 4) is 17.0 Å². The summed E-state index contributed by atoms with van der Waals surface area (Å²) in [6.45, 7) is 2.95. The van der Waals surface area contributed by atoms with Crippen molar-refractivity contribution in [3.05, 3.63) is 41.6 Å². The molecule has 0 bridgehead atoms. The normalized spacial score (nSPS) is 18.7. The predicted octanol–water partition coefficient (Wildman–Crippen LogP) is 4.24. The molecule has 1 aliphatic heterocycles. The van der Waals surface area contributed by atoms with E-state index in [2.05, 4.69) is 10.1 Å². The number of phenolic OH excluding ortho intramolecular Hbond substituents is 1. The maximum atomic E-state index is 14.3. The Hall–Kier alpha value is -3.24. The second kappa shape index (κ2) is 7.42. The number of phenols is 1. The molecule has 1 saturated heterocycles. The molecule has 1 aromatic carbocycles. The molecule has 0 spiro atoms. The quantitative estimate of drug-likeness (QED) is 0.599. The fourth-order valence-corrected chi connectivity index (χ4v) is 3.97. The predicted molar refractivity (Wildman–Crippen MR) is 105 cm³/mol. The Balaban J connectivity index is 1.66. The van der Waals surface area contributed by atoms with Crippen LogP contribution >= 0.6 is 0 Å². The Morgan fingerprint density at radius 2 is 1.97 bits per heavy atom. The number of alkyl halides is 5. The number of amides is 1. The van der Waals surface area contributed by atoms with E-state index in [0.29, 0.717) is 11.5 Å². The molecule has 3 heterocycles. The second-order valence-electron chi connectivity index (χ2n) is 7.81. The summed E-state index contributed by atoms with van der Waals surface area (Å²) in [7, 11) is 0. The number of carbonyl (C=O) groups is 1. The van der Waals surface area contributed by atoms with Crippen LogP contribution < -0.4 is 0 Å². The Bertz CT molecular complexity index is 1180. The highest BCUT2D eigenvalue weighted by Crippen LogP contribution is 2.39. The minimum absolute atomic E-state index is 0.0875. The van der Waals surface area contributed by atoms with E-state index in [1.54, 1.807) is 13.0 Å². The molecule has 0 radical (unpaired) electrons. The summed E-state index contributed by atoms with van der Waals surface area (Å²) in [6.07, 6.45) is -3.09. The topological polar surface area (TPSA) is 71.2 Å². The van der Waals surface area contributed by atoms with Crippen molar-refractivity contribution in [2.24, 2.45) is 5.92 Å². The van der Waals surface area contributed by atoms with E-state index >= 15 is 0 Å². The molecule has 4 rings (SSSR count). The fraction of sp³-hybridized carbons (Fsp3) is 0.381. The van der Waals surface area contributed by atoms with Crippen LogP contribution in [0.5, 0.6) is 5.75 Å². The zero-order chi connectivity index (χ0) is 23.4. The van der Waals surface area contributed by atoms with Gasteiger partial charge in [-0.15, -0.1) is 0 Å². The third kappa shape index (κ3) is 3.65. The molecule has 1 N–H and O–H groups in total. The molecule has 3 aromatic rings. The summed E-state index contributed by atoms with van der Waals surface area (Å²) < 4.78 is 68.8. The monoisotopic (exact) mass is 454 g/mol. The van der Waals surface area contributed by atoms with E-state index in [0.717, 1.165) is 11.0 Å². The number of hydrogen-bond acceptors (Lipinski definition) is 4. The fourth-order valence-electron chi connectivity index (χ4n) is 3.97. The van der Waals surface area contributed by atoms with Crippen molar-refractivity contribution >= 4 is 16.9 Å². The van der Waals surface area contributed by atoms with Gasteiger partial charge in [0, 0.05) is 30.2 Å². The van der Waals surface area contributed by atoms with Crippen LogP contribution in [0.2, 0.25) is 0 Å². The number of aromatic nitrogens is 3. The van der Waals surface area contributed by atoms with Gasteiger partial charge in [-0.1, -0.05) is 0 Å². The lowest BCUT2D eigenvalue weighted by molar-refractivity contribution is -0.151. The summed E-state index contributed by atoms with van der Waals surface area (Å²) in [6, 6.07) is 4.65. The lowest BCUT2D eigenvalue weighted by atomic mass is 10.00. The number of nitrogens with zero attached hydrogens (tertiary/aromatic N) is 4. The van der Waals surface area contributed by atoms with Crippen LogP contribution in [0.4, 0.5) is 22.0 Å². The van der Waals surface area contributed by atoms with E-state index in [1.807, 2.05) is 0 Å². The number of fused-ring (bicyclic) bond motifs is 1. The van der Waals surface area contributed by atoms with E-state index in [4.69, 9.17) is 0 Å². The number of benzene rings is 1. The number of aromatic hydroxyl groups is 1. The maximum Gasteiger partial charge on any atom is 0.416 e. The summed E-state index contributed by atoms with van der Waals surface area (Å²) in [4.78, 5) is 17.2. The van der Waals surface area contributed by atoms with Gasteiger partial charge in [0.2, 0.25) is 0 Å². The lowest BCUT2D eigenvalue weighted by Gasteiger charge is -2.15. The van der Waals surface area contributed by atoms with Gasteiger partial charge in [0.1, 0.15) is 5.75 Å². The first-order valence-electron chi connectivity index (χ1n) is 9.84. The van der Waals surface area contributed by atoms with E-state index in [-0.39, 0.29) is 42.1 Å². The van der Waals surface area contributed by atoms with Crippen molar-refractivity contribution in [1.29, 1.82) is 0 Å². The molecule has 11 heteroatoms. The number of aryl methyl sites for hydroxylation is 1. The summed E-state index contributed by atoms with van der Waals surface area (Å²) in [5.41, 5.74) is -0.297. The number of rotatable bonds is 4. The third-order valence-corrected chi connectivity index (χ3v) is 5.63. The molecular formula is C21H19F5N4O2. The minimum atomic E-state index is -4.60. The Labute approximate surface area is 179 Å². The molecule has 6 nitrogen and oxygen atoms in total. The first-order valence-corrected chi connectivity index (χ1v) is 9.84. The van der Waals surface area contributed by atoms with Crippen molar-refractivity contribution in [2.75, 3.05) is 13.1 Å². The van der Waals surface area contributed by atoms with E-state index in [1.165, 1.54) is 23.9 Å². The third-order valence-electron chi connectivity index (χ3n) is 5.63. The molecule has 170 valence electrons. The Morgan fingerprint density at radius 3 is 2.56 bits per heavy atom. The molecule has 1 atom stereocenters. The summed E-state index contributed by atoms with van der Waals surface area (Å²) in [5.74, 6) is -6.51. The summed E-state index contributed by atoms with van der Waals surface area (Å²) >= 11 is 0. The Morgan fingerprint density at radius 1 is 1.25 bits per heavy atom. The zero-order valence-corrected chi connectivity index (χ0v) is 17.1. The number of halogens is 5. The smallest absolute Gasteiger partial charge is 0.416 e. The van der Waals surface area contributed by atoms with Gasteiger partial charge in [-0.05, 0) is 43.7 Å². The number of hydrogen-bond donors (Lipinski definition) is 1. The average molecular weight is 454 g/mol. The van der Waals surface area contributed by atoms with Crippen LogP contribution in [0.15, 0.2) is 30.5 Å². The average Bonchev–Trinajstić information content (AvgIpc) is 3.19. The Kier molecular flexibility index (Phi) is 5.09. The maximum absolute atomic E-state index is 14.3. The van der Waals surface area contributed by atoms with Gasteiger partial charge < -0.3 is 10.0 Å². The molecule has 0 saturated carbocycles. The van der Waals surface area contributed by atoms with Crippen molar-refractivity contribution in [2.45, 2.75) is 32.5 Å². The second-order valence-corrected chi connectivity index (χ2v) is 7.81. The van der Waals surface area contributed by atoms with Crippen LogP contribution in [-0.4, -0.2) is 49.7 Å². The SMILES string of the molecule is CCN1C[C@@H](Cn2cc3ccc(-c4c(C)cc(C(F)(F)F)cc4O)nc3n2)C(F)(F)C1=O. The van der Waals surface area contributed by atoms with Crippen LogP contribution in [0, 0.1) is 12.8 Å². The molecule has 32 heavy (non-hydrogen) atoms. The van der Waals surface area contributed by atoms with Gasteiger partial charge in [-0.3, -0.25) is 9.48 Å². The van der Waals surface area contributed by atoms with Crippen LogP contribution in [0.25, 0.3) is 22.3 Å². The van der Waals surface area contributed by atoms with E-state index < -0.39 is 35.2 Å². The first-order chi connectivity index (χ1) is 14.9. The van der Waals surface area contributed by atoms with Gasteiger partial charge in [0.25, 0.3) is 5.91 Å². The van der Waals surface area contributed by atoms with Crippen molar-refractivity contribution in [3.63, 3.8) is 0 Å².